The van der Waals surface area contributed by atoms with Gasteiger partial charge in [-0.05, 0) is 25.1 Å². The molecule has 0 aromatic heterocycles. The summed E-state index contributed by atoms with van der Waals surface area (Å²) in [6, 6.07) is 7.00. The van der Waals surface area contributed by atoms with Gasteiger partial charge in [0.15, 0.2) is 0 Å². The summed E-state index contributed by atoms with van der Waals surface area (Å²) < 4.78 is 5.53. The van der Waals surface area contributed by atoms with Gasteiger partial charge >= 0.3 is 0 Å². The maximum atomic E-state index is 12.5. The van der Waals surface area contributed by atoms with Gasteiger partial charge < -0.3 is 19.8 Å². The van der Waals surface area contributed by atoms with E-state index in [2.05, 4.69) is 11.8 Å². The summed E-state index contributed by atoms with van der Waals surface area (Å²) in [7, 11) is 0. The average molecular weight is 289 g/mol. The van der Waals surface area contributed by atoms with Crippen molar-refractivity contribution >= 4 is 5.91 Å². The normalized spacial score (nSPS) is 21.6. The summed E-state index contributed by atoms with van der Waals surface area (Å²) >= 11 is 0. The fraction of sp³-hybridized carbons (Fsp3) is 0.438. The first-order chi connectivity index (χ1) is 10.1. The van der Waals surface area contributed by atoms with Crippen LogP contribution in [-0.4, -0.2) is 59.5 Å². The fourth-order valence-electron chi connectivity index (χ4n) is 2.37. The number of rotatable bonds is 2. The molecule has 5 nitrogen and oxygen atoms in total. The van der Waals surface area contributed by atoms with Crippen LogP contribution in [0.15, 0.2) is 24.3 Å². The van der Waals surface area contributed by atoms with Gasteiger partial charge in [0.1, 0.15) is 6.61 Å². The molecule has 112 valence electrons. The SMILES string of the molecule is CC1CN(C(=O)c2cccc(C#CCO)c2)CC(CO)O1. The number of nitrogens with zero attached hydrogens (tertiary/aromatic N) is 1. The molecule has 0 aliphatic carbocycles. The van der Waals surface area contributed by atoms with Crippen LogP contribution in [0.4, 0.5) is 0 Å². The molecule has 21 heavy (non-hydrogen) atoms. The van der Waals surface area contributed by atoms with E-state index in [-0.39, 0.29) is 31.3 Å². The van der Waals surface area contributed by atoms with E-state index >= 15 is 0 Å². The van der Waals surface area contributed by atoms with Gasteiger partial charge in [0.2, 0.25) is 0 Å². The number of aliphatic hydroxyl groups is 2. The van der Waals surface area contributed by atoms with Crippen LogP contribution in [0.1, 0.15) is 22.8 Å². The Morgan fingerprint density at radius 1 is 1.43 bits per heavy atom. The first kappa shape index (κ1) is 15.5. The van der Waals surface area contributed by atoms with E-state index in [0.29, 0.717) is 24.2 Å². The van der Waals surface area contributed by atoms with Crippen LogP contribution < -0.4 is 0 Å². The third-order valence-electron chi connectivity index (χ3n) is 3.24. The molecule has 1 amide bonds. The van der Waals surface area contributed by atoms with Crippen molar-refractivity contribution < 1.29 is 19.7 Å². The number of carbonyl (C=O) groups is 1. The highest BCUT2D eigenvalue weighted by Gasteiger charge is 2.28. The molecule has 1 saturated heterocycles. The van der Waals surface area contributed by atoms with Gasteiger partial charge in [0.25, 0.3) is 5.91 Å². The van der Waals surface area contributed by atoms with Crippen LogP contribution in [-0.2, 0) is 4.74 Å². The molecule has 0 saturated carbocycles. The molecule has 1 aromatic rings. The molecular formula is C16H19NO4. The van der Waals surface area contributed by atoms with Crippen molar-refractivity contribution in [2.24, 2.45) is 0 Å². The Bertz CT molecular complexity index is 561. The van der Waals surface area contributed by atoms with Crippen molar-refractivity contribution in [2.45, 2.75) is 19.1 Å². The van der Waals surface area contributed by atoms with Gasteiger partial charge in [-0.2, -0.15) is 0 Å². The average Bonchev–Trinajstić information content (AvgIpc) is 2.51. The maximum absolute atomic E-state index is 12.5. The Morgan fingerprint density at radius 3 is 2.95 bits per heavy atom. The first-order valence-electron chi connectivity index (χ1n) is 6.89. The zero-order chi connectivity index (χ0) is 15.2. The van der Waals surface area contributed by atoms with Gasteiger partial charge in [-0.25, -0.2) is 0 Å². The van der Waals surface area contributed by atoms with Crippen molar-refractivity contribution in [1.29, 1.82) is 0 Å². The topological polar surface area (TPSA) is 70.0 Å². The van der Waals surface area contributed by atoms with E-state index in [1.165, 1.54) is 0 Å². The van der Waals surface area contributed by atoms with Gasteiger partial charge in [-0.3, -0.25) is 4.79 Å². The molecule has 0 spiro atoms. The molecule has 1 fully saturated rings. The molecule has 2 N–H and O–H groups in total. The number of morpholine rings is 1. The van der Waals surface area contributed by atoms with Crippen LogP contribution in [0.3, 0.4) is 0 Å². The van der Waals surface area contributed by atoms with Crippen molar-refractivity contribution in [3.8, 4) is 11.8 Å². The number of ether oxygens (including phenoxy) is 1. The summed E-state index contributed by atoms with van der Waals surface area (Å²) in [6.45, 7) is 2.45. The molecule has 1 aromatic carbocycles. The molecule has 1 heterocycles. The summed E-state index contributed by atoms with van der Waals surface area (Å²) in [5.41, 5.74) is 1.24. The third kappa shape index (κ3) is 4.05. The second kappa shape index (κ2) is 7.23. The smallest absolute Gasteiger partial charge is 0.254 e. The number of benzene rings is 1. The number of aliphatic hydroxyl groups excluding tert-OH is 2. The van der Waals surface area contributed by atoms with Crippen LogP contribution in [0.2, 0.25) is 0 Å². The minimum atomic E-state index is -0.338. The maximum Gasteiger partial charge on any atom is 0.254 e. The Labute approximate surface area is 124 Å². The van der Waals surface area contributed by atoms with Crippen LogP contribution in [0.25, 0.3) is 0 Å². The molecule has 2 unspecified atom stereocenters. The highest BCUT2D eigenvalue weighted by Crippen LogP contribution is 2.15. The molecule has 2 rings (SSSR count). The molecule has 0 bridgehead atoms. The molecule has 1 aliphatic heterocycles. The lowest BCUT2D eigenvalue weighted by atomic mass is 10.1. The number of hydrogen-bond donors (Lipinski definition) is 2. The second-order valence-electron chi connectivity index (χ2n) is 5.00. The second-order valence-corrected chi connectivity index (χ2v) is 5.00. The Balaban J connectivity index is 2.15. The van der Waals surface area contributed by atoms with Crippen LogP contribution in [0, 0.1) is 11.8 Å². The summed E-state index contributed by atoms with van der Waals surface area (Å²) in [5.74, 6) is 5.25. The molecule has 1 aliphatic rings. The highest BCUT2D eigenvalue weighted by atomic mass is 16.5. The predicted molar refractivity (Wildman–Crippen MR) is 77.7 cm³/mol. The monoisotopic (exact) mass is 289 g/mol. The van der Waals surface area contributed by atoms with Crippen LogP contribution in [0.5, 0.6) is 0 Å². The van der Waals surface area contributed by atoms with E-state index in [1.807, 2.05) is 6.92 Å². The summed E-state index contributed by atoms with van der Waals surface area (Å²) in [5, 5.41) is 17.9. The Morgan fingerprint density at radius 2 is 2.24 bits per heavy atom. The number of carbonyl (C=O) groups excluding carboxylic acids is 1. The highest BCUT2D eigenvalue weighted by molar-refractivity contribution is 5.94. The predicted octanol–water partition coefficient (Wildman–Crippen LogP) is 0.252. The molecule has 5 heteroatoms. The van der Waals surface area contributed by atoms with E-state index in [1.54, 1.807) is 29.2 Å². The molecule has 2 atom stereocenters. The zero-order valence-corrected chi connectivity index (χ0v) is 12.0. The first-order valence-corrected chi connectivity index (χ1v) is 6.89. The third-order valence-corrected chi connectivity index (χ3v) is 3.24. The zero-order valence-electron chi connectivity index (χ0n) is 12.0. The van der Waals surface area contributed by atoms with Crippen molar-refractivity contribution in [2.75, 3.05) is 26.3 Å². The van der Waals surface area contributed by atoms with E-state index in [0.717, 1.165) is 0 Å². The van der Waals surface area contributed by atoms with E-state index in [9.17, 15) is 9.90 Å². The fourth-order valence-corrected chi connectivity index (χ4v) is 2.37. The minimum absolute atomic E-state index is 0.0998. The standard InChI is InChI=1S/C16H19NO4/c1-12-9-17(10-15(11-19)21-12)16(20)14-6-2-4-13(8-14)5-3-7-18/h2,4,6,8,12,15,18-19H,7,9-11H2,1H3. The van der Waals surface area contributed by atoms with E-state index < -0.39 is 0 Å². The van der Waals surface area contributed by atoms with Crippen molar-refractivity contribution in [1.82, 2.24) is 4.90 Å². The Hall–Kier alpha value is -1.87. The minimum Gasteiger partial charge on any atom is -0.394 e. The summed E-state index contributed by atoms with van der Waals surface area (Å²) in [4.78, 5) is 14.2. The molecular weight excluding hydrogens is 270 g/mol. The lowest BCUT2D eigenvalue weighted by Gasteiger charge is -2.36. The molecule has 0 radical (unpaired) electrons. The van der Waals surface area contributed by atoms with Gasteiger partial charge in [-0.15, -0.1) is 0 Å². The lowest BCUT2D eigenvalue weighted by molar-refractivity contribution is -0.0858. The van der Waals surface area contributed by atoms with Gasteiger partial charge in [-0.1, -0.05) is 17.9 Å². The number of amides is 1. The largest absolute Gasteiger partial charge is 0.394 e. The van der Waals surface area contributed by atoms with Gasteiger partial charge in [0, 0.05) is 24.2 Å². The Kier molecular flexibility index (Phi) is 5.34. The van der Waals surface area contributed by atoms with Crippen LogP contribution >= 0.6 is 0 Å². The van der Waals surface area contributed by atoms with Crippen molar-refractivity contribution in [3.05, 3.63) is 35.4 Å². The van der Waals surface area contributed by atoms with Crippen molar-refractivity contribution in [3.63, 3.8) is 0 Å². The lowest BCUT2D eigenvalue weighted by Crippen LogP contribution is -2.50. The summed E-state index contributed by atoms with van der Waals surface area (Å²) in [6.07, 6.45) is -0.438. The quantitative estimate of drug-likeness (QED) is 0.766. The van der Waals surface area contributed by atoms with Gasteiger partial charge in [0.05, 0.1) is 18.8 Å². The van der Waals surface area contributed by atoms with E-state index in [4.69, 9.17) is 9.84 Å². The number of hydrogen-bond acceptors (Lipinski definition) is 4.